The molecule has 2 atom stereocenters. The Hall–Kier alpha value is 1.18. The van der Waals surface area contributed by atoms with Crippen LogP contribution in [0.1, 0.15) is 6.42 Å². The fourth-order valence-corrected chi connectivity index (χ4v) is 2.84. The number of rotatable bonds is 4. The normalized spacial score (nSPS) is 22.3. The van der Waals surface area contributed by atoms with Gasteiger partial charge in [0.05, 0.1) is 6.54 Å². The average molecular weight is 275 g/mol. The fraction of sp³-hybridized carbons (Fsp3) is 1.00. The summed E-state index contributed by atoms with van der Waals surface area (Å²) in [5.74, 6) is 0. The predicted molar refractivity (Wildman–Crippen MR) is 40.6 cm³/mol. The Bertz CT molecular complexity index is 249. The molecule has 15 heavy (non-hydrogen) atoms. The van der Waals surface area contributed by atoms with Crippen molar-refractivity contribution in [1.82, 2.24) is 0 Å². The van der Waals surface area contributed by atoms with E-state index in [0.717, 1.165) is 0 Å². The van der Waals surface area contributed by atoms with E-state index in [2.05, 4.69) is 5.73 Å². The minimum atomic E-state index is -5.59. The number of quaternary nitrogens is 1. The molecule has 9 nitrogen and oxygen atoms in total. The molecule has 0 saturated heterocycles. The van der Waals surface area contributed by atoms with Crippen LogP contribution in [0, 0.1) is 0 Å². The Morgan fingerprint density at radius 1 is 1.20 bits per heavy atom. The van der Waals surface area contributed by atoms with Gasteiger partial charge in [-0.05, 0) is 0 Å². The van der Waals surface area contributed by atoms with E-state index in [0.29, 0.717) is 0 Å². The quantitative estimate of drug-likeness (QED) is 0.288. The second-order valence-electron chi connectivity index (χ2n) is 2.42. The Morgan fingerprint density at radius 2 is 1.47 bits per heavy atom. The van der Waals surface area contributed by atoms with E-state index in [-0.39, 0.29) is 41.6 Å². The van der Waals surface area contributed by atoms with Crippen molar-refractivity contribution in [3.05, 3.63) is 0 Å². The smallest absolute Gasteiger partial charge is 0.776 e. The Kier molecular flexibility index (Phi) is 9.74. The van der Waals surface area contributed by atoms with Gasteiger partial charge in [0.2, 0.25) is 0 Å². The van der Waals surface area contributed by atoms with Gasteiger partial charge < -0.3 is 45.0 Å². The third kappa shape index (κ3) is 4.91. The summed E-state index contributed by atoms with van der Waals surface area (Å²) in [5, 5.41) is 5.47. The van der Waals surface area contributed by atoms with E-state index in [4.69, 9.17) is 14.9 Å². The van der Waals surface area contributed by atoms with E-state index in [9.17, 15) is 18.9 Å². The van der Waals surface area contributed by atoms with Gasteiger partial charge in [0.25, 0.3) is 0 Å². The second-order valence-corrected chi connectivity index (χ2v) is 6.33. The van der Waals surface area contributed by atoms with Crippen LogP contribution in [0.3, 0.4) is 0 Å². The first-order chi connectivity index (χ1) is 5.56. The van der Waals surface area contributed by atoms with Crippen molar-refractivity contribution < 1.29 is 74.6 Å². The van der Waals surface area contributed by atoms with Crippen LogP contribution in [-0.4, -0.2) is 32.0 Å². The van der Waals surface area contributed by atoms with Gasteiger partial charge in [-0.25, -0.2) is 0 Å². The third-order valence-electron chi connectivity index (χ3n) is 1.42. The van der Waals surface area contributed by atoms with Crippen molar-refractivity contribution in [2.24, 2.45) is 0 Å². The summed E-state index contributed by atoms with van der Waals surface area (Å²) in [7, 11) is -11.2. The summed E-state index contributed by atoms with van der Waals surface area (Å²) in [6.07, 6.45) is -0.887. The molecule has 0 aliphatic rings. The molecule has 0 aromatic carbocycles. The topological polar surface area (TPSA) is 200 Å². The van der Waals surface area contributed by atoms with E-state index >= 15 is 0 Å². The van der Waals surface area contributed by atoms with Crippen molar-refractivity contribution in [2.45, 2.75) is 11.5 Å². The molecule has 0 heterocycles. The van der Waals surface area contributed by atoms with Crippen molar-refractivity contribution in [3.8, 4) is 0 Å². The first-order valence-corrected chi connectivity index (χ1v) is 6.31. The minimum Gasteiger partial charge on any atom is -0.776 e. The molecule has 0 fully saturated rings. The zero-order valence-electron chi connectivity index (χ0n) is 7.99. The monoisotopic (exact) mass is 275 g/mol. The average Bonchev–Trinajstić information content (AvgIpc) is 1.82. The summed E-state index contributed by atoms with van der Waals surface area (Å²) >= 11 is 0. The van der Waals surface area contributed by atoms with E-state index in [1.165, 1.54) is 0 Å². The number of hydrogen-bond donors (Lipinski definition) is 4. The maximum absolute atomic E-state index is 10.5. The number of hydrogen-bond acceptors (Lipinski definition) is 5. The van der Waals surface area contributed by atoms with Gasteiger partial charge in [0.15, 0.2) is 20.3 Å². The summed E-state index contributed by atoms with van der Waals surface area (Å²) in [4.78, 5) is 37.7. The van der Waals surface area contributed by atoms with Gasteiger partial charge >= 0.3 is 29.6 Å². The fourth-order valence-electron chi connectivity index (χ4n) is 0.679. The van der Waals surface area contributed by atoms with Crippen molar-refractivity contribution in [2.75, 3.05) is 6.54 Å². The van der Waals surface area contributed by atoms with Gasteiger partial charge in [-0.1, -0.05) is 0 Å². The molecule has 0 aromatic rings. The molecule has 0 rings (SSSR count). The molecule has 8 N–H and O–H groups in total. The van der Waals surface area contributed by atoms with Crippen LogP contribution in [0.5, 0.6) is 0 Å². The van der Waals surface area contributed by atoms with Crippen LogP contribution in [0.15, 0.2) is 0 Å². The summed E-state index contributed by atoms with van der Waals surface area (Å²) in [5.41, 5.74) is 3.10. The van der Waals surface area contributed by atoms with Crippen LogP contribution in [0.4, 0.5) is 0 Å². The zero-order valence-corrected chi connectivity index (χ0v) is 11.8. The third-order valence-corrected chi connectivity index (χ3v) is 5.19. The molecule has 0 spiro atoms. The van der Waals surface area contributed by atoms with Gasteiger partial charge in [-0.2, -0.15) is 0 Å². The molecule has 0 aliphatic heterocycles. The van der Waals surface area contributed by atoms with Crippen molar-refractivity contribution >= 4 is 15.2 Å². The SMILES string of the molecule is O.[NH3+]CCC(O)(P(=O)([O-])O)P(=O)([O-])O.[Na+]. The molecule has 0 saturated carbocycles. The maximum Gasteiger partial charge on any atom is 1.00 e. The molecule has 88 valence electrons. The van der Waals surface area contributed by atoms with Crippen LogP contribution in [0.2, 0.25) is 0 Å². The van der Waals surface area contributed by atoms with E-state index in [1.807, 2.05) is 0 Å². The van der Waals surface area contributed by atoms with Crippen LogP contribution >= 0.6 is 15.2 Å². The van der Waals surface area contributed by atoms with Gasteiger partial charge in [-0.15, -0.1) is 0 Å². The van der Waals surface area contributed by atoms with Crippen molar-refractivity contribution in [1.29, 1.82) is 0 Å². The molecule has 0 aromatic heterocycles. The summed E-state index contributed by atoms with van der Waals surface area (Å²) in [6.45, 7) is -0.282. The largest absolute Gasteiger partial charge is 1.00 e. The molecule has 0 amide bonds. The molecule has 0 bridgehead atoms. The minimum absolute atomic E-state index is 0. The molecule has 12 heteroatoms. The molecule has 2 unspecified atom stereocenters. The molecular formula is C3H12NNaO8P2. The summed E-state index contributed by atoms with van der Waals surface area (Å²) in [6, 6.07) is 0. The number of aliphatic hydroxyl groups is 1. The zero-order chi connectivity index (χ0) is 10.9. The Labute approximate surface area is 108 Å². The molecule has 0 radical (unpaired) electrons. The first-order valence-electron chi connectivity index (χ1n) is 3.15. The summed E-state index contributed by atoms with van der Waals surface area (Å²) < 4.78 is 20.9. The van der Waals surface area contributed by atoms with Gasteiger partial charge in [-0.3, -0.25) is 0 Å². The Morgan fingerprint density at radius 3 is 1.53 bits per heavy atom. The van der Waals surface area contributed by atoms with Crippen LogP contribution in [0.25, 0.3) is 0 Å². The van der Waals surface area contributed by atoms with Gasteiger partial charge in [0.1, 0.15) is 0 Å². The van der Waals surface area contributed by atoms with Crippen LogP contribution < -0.4 is 45.1 Å². The second kappa shape index (κ2) is 6.80. The van der Waals surface area contributed by atoms with Crippen molar-refractivity contribution in [3.63, 3.8) is 0 Å². The van der Waals surface area contributed by atoms with Gasteiger partial charge in [0, 0.05) is 6.42 Å². The van der Waals surface area contributed by atoms with E-state index in [1.54, 1.807) is 0 Å². The van der Waals surface area contributed by atoms with Crippen LogP contribution in [-0.2, 0) is 9.13 Å². The first kappa shape index (κ1) is 21.5. The standard InChI is InChI=1S/C3H11NO7P2.Na.H2O/c4-2-1-3(5,12(6,7)8)13(9,10)11;;/h5H,1-2,4H2,(H2,6,7,8)(H2,9,10,11);;1H2/q;+1;/p-1. The maximum atomic E-state index is 10.5. The Balaban J connectivity index is -0.000000720. The van der Waals surface area contributed by atoms with E-state index < -0.39 is 26.7 Å². The molecular weight excluding hydrogens is 263 g/mol. The predicted octanol–water partition coefficient (Wildman–Crippen LogP) is -7.46. The molecule has 0 aliphatic carbocycles.